The summed E-state index contributed by atoms with van der Waals surface area (Å²) in [5, 5.41) is 2.70. The third-order valence-electron chi connectivity index (χ3n) is 5.79. The first-order valence-electron chi connectivity index (χ1n) is 10.7. The molecule has 3 aromatic rings. The topological polar surface area (TPSA) is 102 Å². The van der Waals surface area contributed by atoms with Gasteiger partial charge in [0.1, 0.15) is 12.6 Å². The fourth-order valence-corrected chi connectivity index (χ4v) is 4.12. The Kier molecular flexibility index (Phi) is 5.55. The number of hydrogen-bond donors (Lipinski definition) is 1. The molecule has 0 aromatic heterocycles. The van der Waals surface area contributed by atoms with Gasteiger partial charge in [0, 0.05) is 6.42 Å². The van der Waals surface area contributed by atoms with Gasteiger partial charge in [-0.1, -0.05) is 42.5 Å². The van der Waals surface area contributed by atoms with Gasteiger partial charge in [0.05, 0.1) is 22.5 Å². The second-order valence-corrected chi connectivity index (χ2v) is 8.00. The van der Waals surface area contributed by atoms with E-state index in [4.69, 9.17) is 9.47 Å². The van der Waals surface area contributed by atoms with E-state index in [9.17, 15) is 19.2 Å². The average molecular weight is 456 g/mol. The number of amides is 2. The molecule has 3 aromatic carbocycles. The van der Waals surface area contributed by atoms with Gasteiger partial charge in [-0.15, -0.1) is 0 Å². The van der Waals surface area contributed by atoms with Gasteiger partial charge in [0.25, 0.3) is 5.91 Å². The number of anilines is 2. The first-order chi connectivity index (χ1) is 16.5. The molecular weight excluding hydrogens is 436 g/mol. The largest absolute Gasteiger partial charge is 0.454 e. The maximum atomic E-state index is 12.7. The summed E-state index contributed by atoms with van der Waals surface area (Å²) in [6.07, 6.45) is -0.0236. The van der Waals surface area contributed by atoms with Gasteiger partial charge >= 0.3 is 11.9 Å². The van der Waals surface area contributed by atoms with Crippen molar-refractivity contribution in [3.63, 3.8) is 0 Å². The molecule has 0 bridgehead atoms. The molecule has 2 aliphatic rings. The zero-order valence-electron chi connectivity index (χ0n) is 18.0. The van der Waals surface area contributed by atoms with Gasteiger partial charge in [0.15, 0.2) is 6.61 Å². The van der Waals surface area contributed by atoms with Crippen molar-refractivity contribution in [2.24, 2.45) is 0 Å². The van der Waals surface area contributed by atoms with Crippen LogP contribution in [0.4, 0.5) is 11.4 Å². The van der Waals surface area contributed by atoms with Crippen LogP contribution in [-0.4, -0.2) is 36.9 Å². The summed E-state index contributed by atoms with van der Waals surface area (Å²) in [6, 6.07) is 20.9. The number of cyclic esters (lactones) is 1. The van der Waals surface area contributed by atoms with Gasteiger partial charge < -0.3 is 14.8 Å². The lowest BCUT2D eigenvalue weighted by molar-refractivity contribution is -0.124. The van der Waals surface area contributed by atoms with Crippen LogP contribution in [0.25, 0.3) is 0 Å². The van der Waals surface area contributed by atoms with Gasteiger partial charge in [-0.3, -0.25) is 14.5 Å². The molecule has 0 aliphatic carbocycles. The number of nitrogens with one attached hydrogen (secondary N) is 1. The highest BCUT2D eigenvalue weighted by atomic mass is 16.5. The van der Waals surface area contributed by atoms with E-state index in [1.807, 2.05) is 30.3 Å². The Balaban J connectivity index is 1.29. The molecule has 2 amide bonds. The predicted octanol–water partition coefficient (Wildman–Crippen LogP) is 3.28. The molecule has 0 spiro atoms. The Morgan fingerprint density at radius 2 is 1.76 bits per heavy atom. The average Bonchev–Trinajstić information content (AvgIpc) is 2.86. The molecule has 0 saturated heterocycles. The molecule has 170 valence electrons. The van der Waals surface area contributed by atoms with Crippen LogP contribution in [0, 0.1) is 0 Å². The summed E-state index contributed by atoms with van der Waals surface area (Å²) in [5.74, 6) is -1.98. The van der Waals surface area contributed by atoms with Gasteiger partial charge in [-0.2, -0.15) is 0 Å². The number of nitrogens with zero attached hydrogens (tertiary/aromatic N) is 1. The summed E-state index contributed by atoms with van der Waals surface area (Å²) >= 11 is 0. The molecule has 0 saturated carbocycles. The molecule has 2 heterocycles. The minimum absolute atomic E-state index is 0.158. The lowest BCUT2D eigenvalue weighted by Gasteiger charge is -2.28. The lowest BCUT2D eigenvalue weighted by Crippen LogP contribution is -2.44. The van der Waals surface area contributed by atoms with Gasteiger partial charge in [-0.25, -0.2) is 9.59 Å². The summed E-state index contributed by atoms with van der Waals surface area (Å²) in [6.45, 7) is -0.679. The quantitative estimate of drug-likeness (QED) is 0.605. The third kappa shape index (κ3) is 4.13. The SMILES string of the molecule is O=C1CN(C(=O)COC(=O)c2ccc3c(c2)CC(c2ccccc2)OC3=O)c2ccccc2N1. The van der Waals surface area contributed by atoms with E-state index in [1.165, 1.54) is 17.0 Å². The monoisotopic (exact) mass is 456 g/mol. The second-order valence-electron chi connectivity index (χ2n) is 8.00. The smallest absolute Gasteiger partial charge is 0.339 e. The summed E-state index contributed by atoms with van der Waals surface area (Å²) in [5.41, 5.74) is 3.23. The van der Waals surface area contributed by atoms with Crippen LogP contribution in [0.1, 0.15) is 37.9 Å². The maximum absolute atomic E-state index is 12.7. The molecule has 1 atom stereocenters. The van der Waals surface area contributed by atoms with Crippen molar-refractivity contribution < 1.29 is 28.7 Å². The van der Waals surface area contributed by atoms with Crippen LogP contribution < -0.4 is 10.2 Å². The Labute approximate surface area is 195 Å². The first-order valence-corrected chi connectivity index (χ1v) is 10.7. The normalized spacial score (nSPS) is 16.6. The van der Waals surface area contributed by atoms with Crippen molar-refractivity contribution in [3.8, 4) is 0 Å². The summed E-state index contributed by atoms with van der Waals surface area (Å²) < 4.78 is 10.8. The first kappa shape index (κ1) is 21.4. The molecule has 34 heavy (non-hydrogen) atoms. The number of fused-ring (bicyclic) bond motifs is 2. The lowest BCUT2D eigenvalue weighted by atomic mass is 9.93. The van der Waals surface area contributed by atoms with Crippen molar-refractivity contribution >= 4 is 35.1 Å². The van der Waals surface area contributed by atoms with Crippen molar-refractivity contribution in [3.05, 3.63) is 95.1 Å². The van der Waals surface area contributed by atoms with Crippen LogP contribution in [0.2, 0.25) is 0 Å². The Hall–Kier alpha value is -4.46. The van der Waals surface area contributed by atoms with E-state index in [0.717, 1.165) is 5.56 Å². The van der Waals surface area contributed by atoms with E-state index in [2.05, 4.69) is 5.32 Å². The number of ether oxygens (including phenoxy) is 2. The fourth-order valence-electron chi connectivity index (χ4n) is 4.12. The molecule has 5 rings (SSSR count). The van der Waals surface area contributed by atoms with Crippen LogP contribution in [0.3, 0.4) is 0 Å². The Morgan fingerprint density at radius 1 is 1.00 bits per heavy atom. The van der Waals surface area contributed by atoms with Crippen LogP contribution in [0.5, 0.6) is 0 Å². The number of benzene rings is 3. The van der Waals surface area contributed by atoms with E-state index in [-0.39, 0.29) is 18.0 Å². The van der Waals surface area contributed by atoms with Crippen molar-refractivity contribution in [1.29, 1.82) is 0 Å². The molecule has 1 N–H and O–H groups in total. The highest BCUT2D eigenvalue weighted by Crippen LogP contribution is 2.31. The predicted molar refractivity (Wildman–Crippen MR) is 122 cm³/mol. The number of hydrogen-bond acceptors (Lipinski definition) is 6. The van der Waals surface area contributed by atoms with E-state index < -0.39 is 30.6 Å². The van der Waals surface area contributed by atoms with E-state index >= 15 is 0 Å². The molecule has 8 nitrogen and oxygen atoms in total. The highest BCUT2D eigenvalue weighted by molar-refractivity contribution is 6.10. The van der Waals surface area contributed by atoms with E-state index in [0.29, 0.717) is 28.9 Å². The standard InChI is InChI=1S/C26H20N2O6/c29-23-14-28(21-9-5-4-8-20(21)27-23)24(30)15-33-25(31)17-10-11-19-18(12-17)13-22(34-26(19)32)16-6-2-1-3-7-16/h1-12,22H,13-15H2,(H,27,29). The van der Waals surface area contributed by atoms with Gasteiger partial charge in [-0.05, 0) is 41.5 Å². The summed E-state index contributed by atoms with van der Waals surface area (Å²) in [7, 11) is 0. The molecule has 1 unspecified atom stereocenters. The Morgan fingerprint density at radius 3 is 2.59 bits per heavy atom. The zero-order valence-corrected chi connectivity index (χ0v) is 18.0. The van der Waals surface area contributed by atoms with Crippen LogP contribution >= 0.6 is 0 Å². The van der Waals surface area contributed by atoms with E-state index in [1.54, 1.807) is 30.3 Å². The molecule has 0 fully saturated rings. The van der Waals surface area contributed by atoms with Crippen LogP contribution in [-0.2, 0) is 25.5 Å². The zero-order chi connectivity index (χ0) is 23.7. The fraction of sp³-hybridized carbons (Fsp3) is 0.154. The molecule has 8 heteroatoms. The molecule has 2 aliphatic heterocycles. The maximum Gasteiger partial charge on any atom is 0.339 e. The number of rotatable bonds is 4. The number of para-hydroxylation sites is 2. The minimum Gasteiger partial charge on any atom is -0.454 e. The number of esters is 2. The Bertz CT molecular complexity index is 1300. The minimum atomic E-state index is -0.693. The number of carbonyl (C=O) groups excluding carboxylic acids is 4. The van der Waals surface area contributed by atoms with Gasteiger partial charge in [0.2, 0.25) is 5.91 Å². The number of carbonyl (C=O) groups is 4. The third-order valence-corrected chi connectivity index (χ3v) is 5.79. The van der Waals surface area contributed by atoms with Crippen molar-refractivity contribution in [1.82, 2.24) is 0 Å². The molecule has 0 radical (unpaired) electrons. The second kappa shape index (κ2) is 8.82. The van der Waals surface area contributed by atoms with Crippen molar-refractivity contribution in [2.75, 3.05) is 23.4 Å². The van der Waals surface area contributed by atoms with Crippen molar-refractivity contribution in [2.45, 2.75) is 12.5 Å². The highest BCUT2D eigenvalue weighted by Gasteiger charge is 2.30. The van der Waals surface area contributed by atoms with Crippen LogP contribution in [0.15, 0.2) is 72.8 Å². The molecular formula is C26H20N2O6. The summed E-state index contributed by atoms with van der Waals surface area (Å²) in [4.78, 5) is 51.1.